The summed E-state index contributed by atoms with van der Waals surface area (Å²) in [6, 6.07) is 11.1. The van der Waals surface area contributed by atoms with E-state index in [1.807, 2.05) is 41.0 Å². The number of morpholine rings is 1. The Morgan fingerprint density at radius 2 is 1.90 bits per heavy atom. The number of pyridine rings is 1. The highest BCUT2D eigenvalue weighted by Gasteiger charge is 2.32. The molecule has 1 atom stereocenters. The number of benzene rings is 1. The summed E-state index contributed by atoms with van der Waals surface area (Å²) >= 11 is 6.04. The molecule has 7 nitrogen and oxygen atoms in total. The first-order valence-electron chi connectivity index (χ1n) is 10.5. The Labute approximate surface area is 185 Å². The number of halogens is 1. The number of hydrogen-bond donors (Lipinski definition) is 0. The second-order valence-electron chi connectivity index (χ2n) is 7.95. The van der Waals surface area contributed by atoms with Gasteiger partial charge in [-0.3, -0.25) is 9.59 Å². The number of amides is 2. The maximum atomic E-state index is 13.3. The summed E-state index contributed by atoms with van der Waals surface area (Å²) in [5, 5.41) is 4.98. The maximum Gasteiger partial charge on any atom is 0.274 e. The van der Waals surface area contributed by atoms with Crippen molar-refractivity contribution >= 4 is 28.9 Å². The van der Waals surface area contributed by atoms with Crippen molar-refractivity contribution in [1.82, 2.24) is 19.4 Å². The number of ether oxygens (including phenoxy) is 1. The Kier molecular flexibility index (Phi) is 5.16. The van der Waals surface area contributed by atoms with Gasteiger partial charge < -0.3 is 14.5 Å². The van der Waals surface area contributed by atoms with Crippen molar-refractivity contribution in [3.05, 3.63) is 70.0 Å². The summed E-state index contributed by atoms with van der Waals surface area (Å²) < 4.78 is 7.00. The molecule has 0 saturated carbocycles. The number of nitrogens with zero attached hydrogens (tertiary/aromatic N) is 4. The van der Waals surface area contributed by atoms with Crippen molar-refractivity contribution in [1.29, 1.82) is 0 Å². The Morgan fingerprint density at radius 1 is 1.10 bits per heavy atom. The zero-order chi connectivity index (χ0) is 21.5. The fourth-order valence-corrected chi connectivity index (χ4v) is 4.65. The lowest BCUT2D eigenvalue weighted by Crippen LogP contribution is -2.43. The molecule has 1 fully saturated rings. The molecule has 2 aliphatic heterocycles. The van der Waals surface area contributed by atoms with Gasteiger partial charge in [0.15, 0.2) is 5.69 Å². The summed E-state index contributed by atoms with van der Waals surface area (Å²) in [5.41, 5.74) is 4.00. The summed E-state index contributed by atoms with van der Waals surface area (Å²) in [5.74, 6) is -0.0766. The van der Waals surface area contributed by atoms with E-state index >= 15 is 0 Å². The van der Waals surface area contributed by atoms with E-state index in [2.05, 4.69) is 5.10 Å². The molecule has 0 aliphatic carbocycles. The molecule has 1 saturated heterocycles. The standard InChI is InChI=1S/C23H23ClN4O3/c1-15-18-3-2-4-20(22(29)26-9-11-31-12-10-26)19(18)7-8-27(15)23(30)21-13-17-6-5-16(24)14-28(17)25-21/h2-6,13-15H,7-12H2,1H3. The van der Waals surface area contributed by atoms with Crippen LogP contribution in [0.1, 0.15) is 44.9 Å². The number of rotatable bonds is 2. The number of carbonyl (C=O) groups excluding carboxylic acids is 2. The van der Waals surface area contributed by atoms with Crippen molar-refractivity contribution in [2.24, 2.45) is 0 Å². The summed E-state index contributed by atoms with van der Waals surface area (Å²) in [6.45, 7) is 4.91. The zero-order valence-corrected chi connectivity index (χ0v) is 18.0. The highest BCUT2D eigenvalue weighted by Crippen LogP contribution is 2.33. The summed E-state index contributed by atoms with van der Waals surface area (Å²) in [7, 11) is 0. The third kappa shape index (κ3) is 3.58. The molecule has 160 valence electrons. The highest BCUT2D eigenvalue weighted by atomic mass is 35.5. The average molecular weight is 439 g/mol. The minimum Gasteiger partial charge on any atom is -0.378 e. The minimum atomic E-state index is -0.151. The van der Waals surface area contributed by atoms with Crippen LogP contribution in [0.25, 0.3) is 5.52 Å². The predicted octanol–water partition coefficient (Wildman–Crippen LogP) is 3.22. The molecule has 2 aliphatic rings. The molecule has 0 radical (unpaired) electrons. The van der Waals surface area contributed by atoms with E-state index in [0.29, 0.717) is 50.0 Å². The molecule has 8 heteroatoms. The van der Waals surface area contributed by atoms with Gasteiger partial charge in [0.25, 0.3) is 11.8 Å². The molecular formula is C23H23ClN4O3. The van der Waals surface area contributed by atoms with Crippen LogP contribution in [0.4, 0.5) is 0 Å². The van der Waals surface area contributed by atoms with Gasteiger partial charge in [0, 0.05) is 31.4 Å². The second kappa shape index (κ2) is 7.98. The Balaban J connectivity index is 1.42. The largest absolute Gasteiger partial charge is 0.378 e. The molecule has 1 aromatic carbocycles. The molecule has 0 N–H and O–H groups in total. The number of aromatic nitrogens is 2. The first kappa shape index (κ1) is 20.0. The van der Waals surface area contributed by atoms with E-state index < -0.39 is 0 Å². The van der Waals surface area contributed by atoms with Crippen LogP contribution in [0, 0.1) is 0 Å². The normalized spacial score (nSPS) is 18.8. The first-order valence-corrected chi connectivity index (χ1v) is 10.9. The van der Waals surface area contributed by atoms with Gasteiger partial charge in [-0.25, -0.2) is 4.52 Å². The van der Waals surface area contributed by atoms with E-state index in [-0.39, 0.29) is 17.9 Å². The first-order chi connectivity index (χ1) is 15.0. The van der Waals surface area contributed by atoms with Crippen molar-refractivity contribution < 1.29 is 14.3 Å². The van der Waals surface area contributed by atoms with E-state index in [9.17, 15) is 9.59 Å². The average Bonchev–Trinajstić information content (AvgIpc) is 3.22. The van der Waals surface area contributed by atoms with Gasteiger partial charge in [-0.1, -0.05) is 23.7 Å². The lowest BCUT2D eigenvalue weighted by molar-refractivity contribution is 0.0301. The molecular weight excluding hydrogens is 416 g/mol. The van der Waals surface area contributed by atoms with Crippen LogP contribution >= 0.6 is 11.6 Å². The van der Waals surface area contributed by atoms with Gasteiger partial charge in [-0.15, -0.1) is 0 Å². The second-order valence-corrected chi connectivity index (χ2v) is 8.39. The highest BCUT2D eigenvalue weighted by molar-refractivity contribution is 6.30. The van der Waals surface area contributed by atoms with Crippen molar-refractivity contribution in [3.8, 4) is 0 Å². The van der Waals surface area contributed by atoms with Crippen LogP contribution in [-0.4, -0.2) is 64.1 Å². The number of carbonyl (C=O) groups is 2. The molecule has 0 spiro atoms. The molecule has 2 aromatic heterocycles. The van der Waals surface area contributed by atoms with Gasteiger partial charge in [0.05, 0.1) is 29.8 Å². The van der Waals surface area contributed by atoms with Crippen molar-refractivity contribution in [3.63, 3.8) is 0 Å². The minimum absolute atomic E-state index is 0.0457. The fraction of sp³-hybridized carbons (Fsp3) is 0.348. The Hall–Kier alpha value is -2.90. The lowest BCUT2D eigenvalue weighted by atomic mass is 9.89. The molecule has 31 heavy (non-hydrogen) atoms. The summed E-state index contributed by atoms with van der Waals surface area (Å²) in [6.07, 6.45) is 2.32. The number of fused-ring (bicyclic) bond motifs is 2. The van der Waals surface area contributed by atoms with Crippen LogP contribution in [0.3, 0.4) is 0 Å². The van der Waals surface area contributed by atoms with Gasteiger partial charge in [-0.2, -0.15) is 5.10 Å². The topological polar surface area (TPSA) is 67.2 Å². The van der Waals surface area contributed by atoms with Gasteiger partial charge in [0.1, 0.15) is 0 Å². The van der Waals surface area contributed by atoms with Gasteiger partial charge >= 0.3 is 0 Å². The third-order valence-electron chi connectivity index (χ3n) is 6.16. The third-order valence-corrected chi connectivity index (χ3v) is 6.39. The lowest BCUT2D eigenvalue weighted by Gasteiger charge is -2.36. The molecule has 1 unspecified atom stereocenters. The fourth-order valence-electron chi connectivity index (χ4n) is 4.50. The molecule has 0 bridgehead atoms. The predicted molar refractivity (Wildman–Crippen MR) is 117 cm³/mol. The maximum absolute atomic E-state index is 13.3. The van der Waals surface area contributed by atoms with E-state index in [1.165, 1.54) is 0 Å². The molecule has 5 rings (SSSR count). The van der Waals surface area contributed by atoms with Crippen LogP contribution in [0.2, 0.25) is 5.02 Å². The van der Waals surface area contributed by atoms with Crippen LogP contribution < -0.4 is 0 Å². The van der Waals surface area contributed by atoms with Gasteiger partial charge in [-0.05, 0) is 48.7 Å². The quantitative estimate of drug-likeness (QED) is 0.616. The SMILES string of the molecule is CC1c2cccc(C(=O)N3CCOCC3)c2CCN1C(=O)c1cc2ccc(Cl)cn2n1. The molecule has 2 amide bonds. The Morgan fingerprint density at radius 3 is 2.71 bits per heavy atom. The van der Waals surface area contributed by atoms with Crippen LogP contribution in [0.15, 0.2) is 42.6 Å². The van der Waals surface area contributed by atoms with Crippen molar-refractivity contribution in [2.45, 2.75) is 19.4 Å². The number of hydrogen-bond acceptors (Lipinski definition) is 4. The van der Waals surface area contributed by atoms with E-state index in [0.717, 1.165) is 22.2 Å². The zero-order valence-electron chi connectivity index (χ0n) is 17.3. The molecule has 4 heterocycles. The van der Waals surface area contributed by atoms with Crippen LogP contribution in [0.5, 0.6) is 0 Å². The summed E-state index contributed by atoms with van der Waals surface area (Å²) in [4.78, 5) is 30.1. The van der Waals surface area contributed by atoms with Crippen molar-refractivity contribution in [2.75, 3.05) is 32.8 Å². The Bertz CT molecular complexity index is 1170. The monoisotopic (exact) mass is 438 g/mol. The smallest absolute Gasteiger partial charge is 0.274 e. The van der Waals surface area contributed by atoms with Gasteiger partial charge in [0.2, 0.25) is 0 Å². The molecule has 3 aromatic rings. The van der Waals surface area contributed by atoms with E-state index in [1.54, 1.807) is 22.8 Å². The van der Waals surface area contributed by atoms with Crippen LogP contribution in [-0.2, 0) is 11.2 Å². The van der Waals surface area contributed by atoms with E-state index in [4.69, 9.17) is 16.3 Å².